The number of carbonyl (C=O) groups is 3. The molecule has 0 bridgehead atoms. The molecule has 2 aromatic heterocycles. The number of nitrogens with zero attached hydrogens (tertiary/aromatic N) is 6. The Morgan fingerprint density at radius 2 is 1.86 bits per heavy atom. The number of fused-ring (bicyclic) bond motifs is 1. The summed E-state index contributed by atoms with van der Waals surface area (Å²) < 4.78 is 7.04. The molecule has 5 rings (SSSR count). The molecule has 0 aliphatic carbocycles. The van der Waals surface area contributed by atoms with E-state index in [0.29, 0.717) is 43.4 Å². The predicted molar refractivity (Wildman–Crippen MR) is 136 cm³/mol. The molecular weight excluding hydrogens is 476 g/mol. The number of carboxylic acid groups (broad SMARTS) is 1. The first-order chi connectivity index (χ1) is 17.8. The van der Waals surface area contributed by atoms with Crippen LogP contribution in [0.2, 0.25) is 0 Å². The van der Waals surface area contributed by atoms with E-state index in [0.717, 1.165) is 11.1 Å². The maximum Gasteiger partial charge on any atom is 0.407 e. The molecular formula is C26H30N6O5. The number of piperazine rings is 1. The van der Waals surface area contributed by atoms with Crippen molar-refractivity contribution in [3.8, 4) is 5.75 Å². The number of hydrogen-bond acceptors (Lipinski definition) is 6. The van der Waals surface area contributed by atoms with Crippen molar-refractivity contribution in [2.75, 3.05) is 38.2 Å². The molecule has 2 saturated heterocycles. The van der Waals surface area contributed by atoms with Gasteiger partial charge < -0.3 is 14.7 Å². The van der Waals surface area contributed by atoms with E-state index in [-0.39, 0.29) is 37.5 Å². The Hall–Kier alpha value is -4.12. The number of benzene rings is 1. The number of carbonyl (C=O) groups excluding carboxylic acids is 2. The van der Waals surface area contributed by atoms with Crippen LogP contribution in [-0.4, -0.2) is 86.6 Å². The number of methoxy groups -OCH3 is 1. The molecule has 0 spiro atoms. The first-order valence-corrected chi connectivity index (χ1v) is 12.3. The molecule has 0 saturated carbocycles. The molecule has 3 aromatic rings. The van der Waals surface area contributed by atoms with Crippen LogP contribution in [0.15, 0.2) is 48.8 Å². The summed E-state index contributed by atoms with van der Waals surface area (Å²) in [5.41, 5.74) is 2.60. The lowest BCUT2D eigenvalue weighted by molar-refractivity contribution is -0.129. The summed E-state index contributed by atoms with van der Waals surface area (Å²) in [4.78, 5) is 48.4. The Morgan fingerprint density at radius 3 is 2.57 bits per heavy atom. The molecule has 2 aliphatic rings. The van der Waals surface area contributed by atoms with Crippen molar-refractivity contribution in [3.05, 3.63) is 59.9 Å². The maximum absolute atomic E-state index is 13.4. The summed E-state index contributed by atoms with van der Waals surface area (Å²) in [6.07, 6.45) is 2.90. The summed E-state index contributed by atoms with van der Waals surface area (Å²) in [5.74, 6) is 1.12. The monoisotopic (exact) mass is 506 g/mol. The van der Waals surface area contributed by atoms with Crippen LogP contribution in [-0.2, 0) is 17.9 Å². The van der Waals surface area contributed by atoms with Crippen LogP contribution in [0.5, 0.6) is 5.75 Å². The fraction of sp³-hybridized carbons (Fsp3) is 0.385. The zero-order valence-corrected chi connectivity index (χ0v) is 20.9. The number of anilines is 1. The third kappa shape index (κ3) is 4.94. The second-order valence-corrected chi connectivity index (χ2v) is 9.45. The van der Waals surface area contributed by atoms with Crippen molar-refractivity contribution in [1.82, 2.24) is 24.1 Å². The van der Waals surface area contributed by atoms with Gasteiger partial charge in [0.15, 0.2) is 0 Å². The van der Waals surface area contributed by atoms with Crippen molar-refractivity contribution in [1.29, 1.82) is 0 Å². The van der Waals surface area contributed by atoms with Crippen LogP contribution in [0.1, 0.15) is 24.5 Å². The highest BCUT2D eigenvalue weighted by Gasteiger charge is 2.34. The molecule has 1 N–H and O–H groups in total. The highest BCUT2D eigenvalue weighted by Crippen LogP contribution is 2.25. The summed E-state index contributed by atoms with van der Waals surface area (Å²) in [5, 5.41) is 9.30. The average molecular weight is 507 g/mol. The lowest BCUT2D eigenvalue weighted by Gasteiger charge is -2.38. The van der Waals surface area contributed by atoms with Crippen molar-refractivity contribution in [3.63, 3.8) is 0 Å². The van der Waals surface area contributed by atoms with Gasteiger partial charge in [-0.1, -0.05) is 12.1 Å². The number of aromatic nitrogens is 2. The standard InChI is InChI=1S/C26H30N6O5/c1-18-15-28(11-12-29(18)26(35)36)16-20-7-9-30-22(13-20)27-14-23(30)31-10-8-24(33)32(25(31)34)17-19-3-5-21(37-2)6-4-19/h3-7,9,13-14,18H,8,10-12,15-17H2,1-2H3,(H,35,36)/t18-/m0/s1. The van der Waals surface area contributed by atoms with E-state index in [1.165, 1.54) is 9.80 Å². The third-order valence-corrected chi connectivity index (χ3v) is 7.01. The number of imide groups is 1. The zero-order chi connectivity index (χ0) is 26.1. The molecule has 0 radical (unpaired) electrons. The molecule has 37 heavy (non-hydrogen) atoms. The maximum atomic E-state index is 13.4. The smallest absolute Gasteiger partial charge is 0.407 e. The summed E-state index contributed by atoms with van der Waals surface area (Å²) in [6.45, 7) is 4.89. The quantitative estimate of drug-likeness (QED) is 0.547. The Labute approximate surface area is 214 Å². The first-order valence-electron chi connectivity index (χ1n) is 12.3. The molecule has 4 heterocycles. The van der Waals surface area contributed by atoms with Crippen LogP contribution >= 0.6 is 0 Å². The number of amides is 4. The van der Waals surface area contributed by atoms with E-state index in [9.17, 15) is 19.5 Å². The van der Waals surface area contributed by atoms with Crippen molar-refractivity contribution < 1.29 is 24.2 Å². The lowest BCUT2D eigenvalue weighted by Crippen LogP contribution is -2.53. The van der Waals surface area contributed by atoms with E-state index in [2.05, 4.69) is 9.88 Å². The minimum Gasteiger partial charge on any atom is -0.497 e. The van der Waals surface area contributed by atoms with Crippen LogP contribution < -0.4 is 9.64 Å². The second kappa shape index (κ2) is 10.1. The normalized spacial score (nSPS) is 19.1. The summed E-state index contributed by atoms with van der Waals surface area (Å²) in [7, 11) is 1.59. The van der Waals surface area contributed by atoms with E-state index >= 15 is 0 Å². The van der Waals surface area contributed by atoms with E-state index in [1.54, 1.807) is 30.3 Å². The number of ether oxygens (including phenoxy) is 1. The van der Waals surface area contributed by atoms with Crippen molar-refractivity contribution in [2.45, 2.75) is 32.5 Å². The topological polar surface area (TPSA) is 111 Å². The summed E-state index contributed by atoms with van der Waals surface area (Å²) in [6, 6.07) is 10.8. The fourth-order valence-corrected chi connectivity index (χ4v) is 5.00. The number of pyridine rings is 1. The Morgan fingerprint density at radius 1 is 1.08 bits per heavy atom. The zero-order valence-electron chi connectivity index (χ0n) is 20.9. The van der Waals surface area contributed by atoms with Gasteiger partial charge in [0, 0.05) is 51.4 Å². The fourth-order valence-electron chi connectivity index (χ4n) is 5.00. The number of urea groups is 1. The summed E-state index contributed by atoms with van der Waals surface area (Å²) >= 11 is 0. The van der Waals surface area contributed by atoms with Crippen molar-refractivity contribution in [2.24, 2.45) is 0 Å². The van der Waals surface area contributed by atoms with Gasteiger partial charge in [0.05, 0.1) is 19.9 Å². The minimum atomic E-state index is -0.880. The molecule has 0 unspecified atom stereocenters. The van der Waals surface area contributed by atoms with E-state index in [4.69, 9.17) is 4.74 Å². The average Bonchev–Trinajstić information content (AvgIpc) is 3.30. The van der Waals surface area contributed by atoms with Gasteiger partial charge in [-0.05, 0) is 42.3 Å². The van der Waals surface area contributed by atoms with Gasteiger partial charge in [-0.25, -0.2) is 14.6 Å². The first kappa shape index (κ1) is 24.6. The van der Waals surface area contributed by atoms with Crippen LogP contribution in [0.3, 0.4) is 0 Å². The molecule has 1 atom stereocenters. The van der Waals surface area contributed by atoms with Gasteiger partial charge in [-0.3, -0.25) is 23.9 Å². The van der Waals surface area contributed by atoms with Gasteiger partial charge in [0.1, 0.15) is 17.2 Å². The number of hydrogen-bond donors (Lipinski definition) is 1. The molecule has 2 fully saturated rings. The molecule has 11 heteroatoms. The van der Waals surface area contributed by atoms with Gasteiger partial charge in [0.2, 0.25) is 5.91 Å². The molecule has 2 aliphatic heterocycles. The lowest BCUT2D eigenvalue weighted by atomic mass is 10.1. The molecule has 11 nitrogen and oxygen atoms in total. The number of rotatable bonds is 6. The highest BCUT2D eigenvalue weighted by atomic mass is 16.5. The second-order valence-electron chi connectivity index (χ2n) is 9.45. The SMILES string of the molecule is COc1ccc(CN2C(=O)CCN(c3cnc4cc(CN5CCN(C(=O)O)[C@@H](C)C5)ccn34)C2=O)cc1. The van der Waals surface area contributed by atoms with Crippen LogP contribution in [0.4, 0.5) is 15.4 Å². The van der Waals surface area contributed by atoms with Crippen LogP contribution in [0, 0.1) is 0 Å². The predicted octanol–water partition coefficient (Wildman–Crippen LogP) is 2.89. The van der Waals surface area contributed by atoms with E-state index < -0.39 is 6.09 Å². The van der Waals surface area contributed by atoms with Crippen molar-refractivity contribution >= 4 is 29.5 Å². The largest absolute Gasteiger partial charge is 0.497 e. The van der Waals surface area contributed by atoms with Crippen LogP contribution in [0.25, 0.3) is 5.65 Å². The third-order valence-electron chi connectivity index (χ3n) is 7.01. The molecule has 1 aromatic carbocycles. The highest BCUT2D eigenvalue weighted by molar-refractivity contribution is 6.05. The van der Waals surface area contributed by atoms with Gasteiger partial charge in [0.25, 0.3) is 0 Å². The Balaban J connectivity index is 1.30. The minimum absolute atomic E-state index is 0.0679. The Kier molecular flexibility index (Phi) is 6.70. The van der Waals surface area contributed by atoms with Gasteiger partial charge in [-0.15, -0.1) is 0 Å². The van der Waals surface area contributed by atoms with Gasteiger partial charge >= 0.3 is 12.1 Å². The Bertz CT molecular complexity index is 1320. The number of imidazole rings is 1. The van der Waals surface area contributed by atoms with E-state index in [1.807, 2.05) is 41.8 Å². The van der Waals surface area contributed by atoms with Gasteiger partial charge in [-0.2, -0.15) is 0 Å². The molecule has 194 valence electrons. The molecule has 4 amide bonds.